The van der Waals surface area contributed by atoms with Crippen molar-refractivity contribution in [2.45, 2.75) is 40.2 Å². The first-order valence-electron chi connectivity index (χ1n) is 7.66. The van der Waals surface area contributed by atoms with Crippen molar-refractivity contribution in [2.24, 2.45) is 4.99 Å². The van der Waals surface area contributed by atoms with Gasteiger partial charge in [-0.15, -0.1) is 35.3 Å². The van der Waals surface area contributed by atoms with Gasteiger partial charge in [-0.1, -0.05) is 6.92 Å². The van der Waals surface area contributed by atoms with Gasteiger partial charge in [0, 0.05) is 24.4 Å². The summed E-state index contributed by atoms with van der Waals surface area (Å²) in [6, 6.07) is 3.89. The fourth-order valence-corrected chi connectivity index (χ4v) is 2.79. The normalized spacial score (nSPS) is 11.2. The summed E-state index contributed by atoms with van der Waals surface area (Å²) in [6.45, 7) is 8.58. The van der Waals surface area contributed by atoms with Gasteiger partial charge in [-0.05, 0) is 32.4 Å². The maximum absolute atomic E-state index is 5.33. The zero-order valence-electron chi connectivity index (χ0n) is 13.9. The molecule has 0 fully saturated rings. The highest BCUT2D eigenvalue weighted by Crippen LogP contribution is 2.16. The quantitative estimate of drug-likeness (QED) is 0.386. The van der Waals surface area contributed by atoms with Gasteiger partial charge >= 0.3 is 0 Å². The third-order valence-electron chi connectivity index (χ3n) is 3.23. The molecule has 0 aliphatic rings. The summed E-state index contributed by atoms with van der Waals surface area (Å²) in [4.78, 5) is 10.4. The molecule has 2 aromatic rings. The summed E-state index contributed by atoms with van der Waals surface area (Å²) in [5.41, 5.74) is 1.10. The van der Waals surface area contributed by atoms with Gasteiger partial charge in [0.2, 0.25) is 0 Å². The van der Waals surface area contributed by atoms with Crippen LogP contribution in [0.15, 0.2) is 27.8 Å². The number of furan rings is 1. The summed E-state index contributed by atoms with van der Waals surface area (Å²) in [5.74, 6) is 1.81. The lowest BCUT2D eigenvalue weighted by atomic mass is 10.3. The van der Waals surface area contributed by atoms with Gasteiger partial charge in [-0.3, -0.25) is 0 Å². The number of aliphatic imine (C=N–C) groups is 1. The van der Waals surface area contributed by atoms with Crippen LogP contribution >= 0.6 is 35.3 Å². The largest absolute Gasteiger partial charge is 0.469 e. The molecule has 0 spiro atoms. The predicted molar refractivity (Wildman–Crippen MR) is 107 cm³/mol. The molecule has 0 atom stereocenters. The zero-order chi connectivity index (χ0) is 15.8. The second-order valence-corrected chi connectivity index (χ2v) is 6.38. The number of guanidine groups is 1. The van der Waals surface area contributed by atoms with E-state index < -0.39 is 0 Å². The Kier molecular flexibility index (Phi) is 9.23. The number of hydrogen-bond acceptors (Lipinski definition) is 4. The van der Waals surface area contributed by atoms with E-state index in [-0.39, 0.29) is 24.0 Å². The van der Waals surface area contributed by atoms with Crippen LogP contribution in [0.4, 0.5) is 0 Å². The molecule has 128 valence electrons. The smallest absolute Gasteiger partial charge is 0.191 e. The Morgan fingerprint density at radius 2 is 2.09 bits per heavy atom. The standard InChI is InChI=1S/C16H24N4OS.HI/c1-4-8-17-16(18-9-7-14-6-5-10-21-14)19-11-15-20-12(2)13(3)22-15;/h5-6,10H,4,7-9,11H2,1-3H3,(H2,17,18,19);1H. The topological polar surface area (TPSA) is 62.5 Å². The third kappa shape index (κ3) is 6.90. The number of rotatable bonds is 7. The van der Waals surface area contributed by atoms with E-state index in [4.69, 9.17) is 4.42 Å². The van der Waals surface area contributed by atoms with E-state index >= 15 is 0 Å². The summed E-state index contributed by atoms with van der Waals surface area (Å²) in [5, 5.41) is 7.72. The molecule has 0 saturated carbocycles. The van der Waals surface area contributed by atoms with E-state index in [0.29, 0.717) is 6.54 Å². The van der Waals surface area contributed by atoms with E-state index in [1.807, 2.05) is 19.1 Å². The molecule has 7 heteroatoms. The number of aromatic nitrogens is 1. The Hall–Kier alpha value is -1.09. The minimum absolute atomic E-state index is 0. The van der Waals surface area contributed by atoms with Gasteiger partial charge in [-0.2, -0.15) is 0 Å². The van der Waals surface area contributed by atoms with Crippen molar-refractivity contribution >= 4 is 41.3 Å². The van der Waals surface area contributed by atoms with Gasteiger partial charge in [0.15, 0.2) is 5.96 Å². The summed E-state index contributed by atoms with van der Waals surface area (Å²) in [7, 11) is 0. The molecule has 0 bridgehead atoms. The number of aryl methyl sites for hydroxylation is 2. The van der Waals surface area contributed by atoms with Crippen LogP contribution < -0.4 is 10.6 Å². The van der Waals surface area contributed by atoms with E-state index in [2.05, 4.69) is 34.5 Å². The van der Waals surface area contributed by atoms with E-state index in [0.717, 1.165) is 48.4 Å². The molecular formula is C16H25IN4OS. The number of halogens is 1. The number of nitrogens with zero attached hydrogens (tertiary/aromatic N) is 2. The van der Waals surface area contributed by atoms with Crippen LogP contribution in [-0.2, 0) is 13.0 Å². The fourth-order valence-electron chi connectivity index (χ4n) is 1.93. The Balaban J connectivity index is 0.00000264. The molecule has 2 N–H and O–H groups in total. The molecule has 23 heavy (non-hydrogen) atoms. The molecule has 0 aliphatic heterocycles. The Morgan fingerprint density at radius 3 is 2.70 bits per heavy atom. The summed E-state index contributed by atoms with van der Waals surface area (Å²) >= 11 is 1.71. The van der Waals surface area contributed by atoms with Gasteiger partial charge < -0.3 is 15.1 Å². The van der Waals surface area contributed by atoms with Crippen molar-refractivity contribution in [1.82, 2.24) is 15.6 Å². The molecule has 2 heterocycles. The molecule has 2 aromatic heterocycles. The van der Waals surface area contributed by atoms with Crippen molar-refractivity contribution in [3.8, 4) is 0 Å². The first-order chi connectivity index (χ1) is 10.7. The lowest BCUT2D eigenvalue weighted by Crippen LogP contribution is -2.38. The predicted octanol–water partition coefficient (Wildman–Crippen LogP) is 3.66. The van der Waals surface area contributed by atoms with Crippen LogP contribution in [0.2, 0.25) is 0 Å². The minimum atomic E-state index is 0. The first kappa shape index (κ1) is 20.0. The molecule has 0 aliphatic carbocycles. The zero-order valence-corrected chi connectivity index (χ0v) is 17.0. The molecule has 2 rings (SSSR count). The highest BCUT2D eigenvalue weighted by atomic mass is 127. The number of thiazole rings is 1. The van der Waals surface area contributed by atoms with Gasteiger partial charge in [0.25, 0.3) is 0 Å². The monoisotopic (exact) mass is 448 g/mol. The van der Waals surface area contributed by atoms with Crippen molar-refractivity contribution in [1.29, 1.82) is 0 Å². The third-order valence-corrected chi connectivity index (χ3v) is 4.29. The first-order valence-corrected chi connectivity index (χ1v) is 8.48. The maximum atomic E-state index is 5.33. The van der Waals surface area contributed by atoms with Crippen molar-refractivity contribution in [3.63, 3.8) is 0 Å². The van der Waals surface area contributed by atoms with Crippen LogP contribution in [0.5, 0.6) is 0 Å². The average molecular weight is 448 g/mol. The SMILES string of the molecule is CCCNC(=NCc1nc(C)c(C)s1)NCCc1ccco1.I. The van der Waals surface area contributed by atoms with Gasteiger partial charge in [0.1, 0.15) is 10.8 Å². The second-order valence-electron chi connectivity index (χ2n) is 5.10. The van der Waals surface area contributed by atoms with Crippen LogP contribution in [-0.4, -0.2) is 24.0 Å². The van der Waals surface area contributed by atoms with Crippen LogP contribution in [0.25, 0.3) is 0 Å². The summed E-state index contributed by atoms with van der Waals surface area (Å²) in [6.07, 6.45) is 3.61. The molecule has 0 radical (unpaired) electrons. The molecular weight excluding hydrogens is 423 g/mol. The lowest BCUT2D eigenvalue weighted by molar-refractivity contribution is 0.506. The number of hydrogen-bond donors (Lipinski definition) is 2. The van der Waals surface area contributed by atoms with Crippen molar-refractivity contribution in [2.75, 3.05) is 13.1 Å². The lowest BCUT2D eigenvalue weighted by Gasteiger charge is -2.11. The van der Waals surface area contributed by atoms with Crippen LogP contribution in [0.3, 0.4) is 0 Å². The van der Waals surface area contributed by atoms with E-state index in [1.54, 1.807) is 17.6 Å². The van der Waals surface area contributed by atoms with Crippen molar-refractivity contribution in [3.05, 3.63) is 39.7 Å². The van der Waals surface area contributed by atoms with Gasteiger partial charge in [0.05, 0.1) is 18.5 Å². The molecule has 0 saturated heterocycles. The molecule has 5 nitrogen and oxygen atoms in total. The second kappa shape index (κ2) is 10.6. The molecule has 0 amide bonds. The highest BCUT2D eigenvalue weighted by Gasteiger charge is 2.04. The van der Waals surface area contributed by atoms with Crippen LogP contribution in [0, 0.1) is 13.8 Å². The Labute approximate surface area is 159 Å². The Bertz CT molecular complexity index is 576. The minimum Gasteiger partial charge on any atom is -0.469 e. The summed E-state index contributed by atoms with van der Waals surface area (Å²) < 4.78 is 5.33. The maximum Gasteiger partial charge on any atom is 0.191 e. The average Bonchev–Trinajstić information content (AvgIpc) is 3.12. The highest BCUT2D eigenvalue weighted by molar-refractivity contribution is 14.0. The van der Waals surface area contributed by atoms with Gasteiger partial charge in [-0.25, -0.2) is 9.98 Å². The fraction of sp³-hybridized carbons (Fsp3) is 0.500. The number of nitrogens with one attached hydrogen (secondary N) is 2. The van der Waals surface area contributed by atoms with Crippen LogP contribution in [0.1, 0.15) is 34.7 Å². The van der Waals surface area contributed by atoms with E-state index in [1.165, 1.54) is 4.88 Å². The van der Waals surface area contributed by atoms with E-state index in [9.17, 15) is 0 Å². The Morgan fingerprint density at radius 1 is 1.30 bits per heavy atom. The van der Waals surface area contributed by atoms with Crippen molar-refractivity contribution < 1.29 is 4.42 Å². The molecule has 0 unspecified atom stereocenters. The molecule has 0 aromatic carbocycles.